The predicted octanol–water partition coefficient (Wildman–Crippen LogP) is 3.07. The van der Waals surface area contributed by atoms with Crippen LogP contribution in [-0.4, -0.2) is 18.5 Å². The molecule has 1 amide bonds. The highest BCUT2D eigenvalue weighted by molar-refractivity contribution is 5.97. The van der Waals surface area contributed by atoms with Crippen molar-refractivity contribution in [2.45, 2.75) is 51.0 Å². The molecule has 0 atom stereocenters. The van der Waals surface area contributed by atoms with Crippen LogP contribution in [0.3, 0.4) is 0 Å². The van der Waals surface area contributed by atoms with E-state index >= 15 is 0 Å². The highest BCUT2D eigenvalue weighted by Crippen LogP contribution is 2.17. The van der Waals surface area contributed by atoms with Crippen LogP contribution in [0.4, 0.5) is 0 Å². The van der Waals surface area contributed by atoms with Crippen LogP contribution in [-0.2, 0) is 11.2 Å². The molecule has 0 aromatic heterocycles. The SMILES string of the molecule is N#C/C(=C/NCCCCc1ccccc1)C(=O)NC1CCCC1. The largest absolute Gasteiger partial charge is 0.390 e. The van der Waals surface area contributed by atoms with Crippen molar-refractivity contribution in [3.8, 4) is 6.07 Å². The number of nitriles is 1. The van der Waals surface area contributed by atoms with Crippen LogP contribution in [0.1, 0.15) is 44.1 Å². The van der Waals surface area contributed by atoms with Gasteiger partial charge < -0.3 is 10.6 Å². The third-order valence-electron chi connectivity index (χ3n) is 4.18. The standard InChI is InChI=1S/C19H25N3O/c20-14-17(19(23)22-18-11-4-5-12-18)15-21-13-7-6-10-16-8-2-1-3-9-16/h1-3,8-9,15,18,21H,4-7,10-13H2,(H,22,23)/b17-15-. The molecule has 0 unspecified atom stereocenters. The van der Waals surface area contributed by atoms with E-state index in [1.54, 1.807) is 6.20 Å². The van der Waals surface area contributed by atoms with Crippen LogP contribution in [0.2, 0.25) is 0 Å². The summed E-state index contributed by atoms with van der Waals surface area (Å²) in [5.74, 6) is -0.254. The molecule has 1 aliphatic carbocycles. The molecule has 0 saturated heterocycles. The van der Waals surface area contributed by atoms with Crippen molar-refractivity contribution < 1.29 is 4.79 Å². The van der Waals surface area contributed by atoms with Gasteiger partial charge in [0.25, 0.3) is 5.91 Å². The maximum Gasteiger partial charge on any atom is 0.263 e. The van der Waals surface area contributed by atoms with Gasteiger partial charge in [0, 0.05) is 18.8 Å². The average Bonchev–Trinajstić information content (AvgIpc) is 3.08. The van der Waals surface area contributed by atoms with E-state index in [-0.39, 0.29) is 17.5 Å². The van der Waals surface area contributed by atoms with E-state index in [2.05, 4.69) is 34.9 Å². The Morgan fingerprint density at radius 2 is 1.96 bits per heavy atom. The van der Waals surface area contributed by atoms with Gasteiger partial charge in [-0.2, -0.15) is 5.26 Å². The fourth-order valence-electron chi connectivity index (χ4n) is 2.86. The number of unbranched alkanes of at least 4 members (excludes halogenated alkanes) is 1. The van der Waals surface area contributed by atoms with E-state index in [0.717, 1.165) is 51.5 Å². The maximum atomic E-state index is 12.0. The Labute approximate surface area is 138 Å². The van der Waals surface area contributed by atoms with Gasteiger partial charge in [-0.1, -0.05) is 43.2 Å². The number of hydrogen-bond acceptors (Lipinski definition) is 3. The molecular formula is C19H25N3O. The number of benzene rings is 1. The van der Waals surface area contributed by atoms with Crippen LogP contribution in [0.15, 0.2) is 42.1 Å². The summed E-state index contributed by atoms with van der Waals surface area (Å²) < 4.78 is 0. The summed E-state index contributed by atoms with van der Waals surface area (Å²) in [5.41, 5.74) is 1.51. The molecule has 0 spiro atoms. The maximum absolute atomic E-state index is 12.0. The predicted molar refractivity (Wildman–Crippen MR) is 91.5 cm³/mol. The molecule has 122 valence electrons. The summed E-state index contributed by atoms with van der Waals surface area (Å²) in [7, 11) is 0. The second kappa shape index (κ2) is 9.68. The second-order valence-corrected chi connectivity index (χ2v) is 6.02. The topological polar surface area (TPSA) is 64.9 Å². The first kappa shape index (κ1) is 17.1. The lowest BCUT2D eigenvalue weighted by Crippen LogP contribution is -2.33. The summed E-state index contributed by atoms with van der Waals surface area (Å²) in [5, 5.41) is 15.1. The van der Waals surface area contributed by atoms with E-state index in [9.17, 15) is 4.79 Å². The molecule has 1 fully saturated rings. The van der Waals surface area contributed by atoms with Crippen molar-refractivity contribution in [1.29, 1.82) is 5.26 Å². The van der Waals surface area contributed by atoms with E-state index in [1.165, 1.54) is 5.56 Å². The average molecular weight is 311 g/mol. The number of nitrogens with zero attached hydrogens (tertiary/aromatic N) is 1. The summed E-state index contributed by atoms with van der Waals surface area (Å²) in [6.45, 7) is 0.773. The number of carbonyl (C=O) groups excluding carboxylic acids is 1. The first-order valence-corrected chi connectivity index (χ1v) is 8.48. The van der Waals surface area contributed by atoms with Crippen molar-refractivity contribution >= 4 is 5.91 Å². The van der Waals surface area contributed by atoms with Gasteiger partial charge in [-0.3, -0.25) is 4.79 Å². The Kier molecular flexibility index (Phi) is 7.19. The van der Waals surface area contributed by atoms with Crippen molar-refractivity contribution in [3.63, 3.8) is 0 Å². The van der Waals surface area contributed by atoms with E-state index in [1.807, 2.05) is 12.1 Å². The summed E-state index contributed by atoms with van der Waals surface area (Å²) >= 11 is 0. The Hall–Kier alpha value is -2.28. The van der Waals surface area contributed by atoms with Crippen LogP contribution in [0, 0.1) is 11.3 Å². The van der Waals surface area contributed by atoms with Gasteiger partial charge in [-0.05, 0) is 37.7 Å². The van der Waals surface area contributed by atoms with Gasteiger partial charge in [0.2, 0.25) is 0 Å². The molecule has 2 rings (SSSR count). The Morgan fingerprint density at radius 3 is 2.65 bits per heavy atom. The van der Waals surface area contributed by atoms with Crippen LogP contribution in [0.5, 0.6) is 0 Å². The molecule has 0 bridgehead atoms. The lowest BCUT2D eigenvalue weighted by molar-refractivity contribution is -0.117. The highest BCUT2D eigenvalue weighted by atomic mass is 16.1. The quantitative estimate of drug-likeness (QED) is 0.440. The zero-order valence-corrected chi connectivity index (χ0v) is 13.6. The second-order valence-electron chi connectivity index (χ2n) is 6.02. The van der Waals surface area contributed by atoms with Gasteiger partial charge >= 0.3 is 0 Å². The van der Waals surface area contributed by atoms with E-state index in [4.69, 9.17) is 5.26 Å². The minimum Gasteiger partial charge on any atom is -0.390 e. The van der Waals surface area contributed by atoms with Crippen molar-refractivity contribution in [2.75, 3.05) is 6.54 Å². The van der Waals surface area contributed by atoms with Crippen molar-refractivity contribution in [3.05, 3.63) is 47.7 Å². The minimum atomic E-state index is -0.254. The van der Waals surface area contributed by atoms with Crippen molar-refractivity contribution in [2.24, 2.45) is 0 Å². The molecule has 0 radical (unpaired) electrons. The zero-order chi connectivity index (χ0) is 16.3. The van der Waals surface area contributed by atoms with Crippen LogP contribution < -0.4 is 10.6 Å². The molecular weight excluding hydrogens is 286 g/mol. The summed E-state index contributed by atoms with van der Waals surface area (Å²) in [6, 6.07) is 12.6. The Bertz CT molecular complexity index is 554. The fourth-order valence-corrected chi connectivity index (χ4v) is 2.86. The molecule has 4 nitrogen and oxygen atoms in total. The number of rotatable bonds is 8. The minimum absolute atomic E-state index is 0.167. The summed E-state index contributed by atoms with van der Waals surface area (Å²) in [6.07, 6.45) is 9.07. The third-order valence-corrected chi connectivity index (χ3v) is 4.18. The molecule has 1 aromatic carbocycles. The Morgan fingerprint density at radius 1 is 1.22 bits per heavy atom. The van der Waals surface area contributed by atoms with E-state index in [0.29, 0.717) is 0 Å². The molecule has 4 heteroatoms. The molecule has 0 aliphatic heterocycles. The normalized spacial score (nSPS) is 15.2. The molecule has 2 N–H and O–H groups in total. The first-order valence-electron chi connectivity index (χ1n) is 8.48. The number of carbonyl (C=O) groups is 1. The lowest BCUT2D eigenvalue weighted by Gasteiger charge is -2.11. The number of nitrogens with one attached hydrogen (secondary N) is 2. The Balaban J connectivity index is 1.64. The highest BCUT2D eigenvalue weighted by Gasteiger charge is 2.18. The smallest absolute Gasteiger partial charge is 0.263 e. The van der Waals surface area contributed by atoms with Gasteiger partial charge in [0.1, 0.15) is 11.6 Å². The molecule has 23 heavy (non-hydrogen) atoms. The number of amides is 1. The van der Waals surface area contributed by atoms with E-state index < -0.39 is 0 Å². The van der Waals surface area contributed by atoms with Crippen LogP contribution in [0.25, 0.3) is 0 Å². The van der Waals surface area contributed by atoms with Gasteiger partial charge in [0.05, 0.1) is 0 Å². The monoisotopic (exact) mass is 311 g/mol. The van der Waals surface area contributed by atoms with Gasteiger partial charge in [-0.25, -0.2) is 0 Å². The number of hydrogen-bond donors (Lipinski definition) is 2. The summed E-state index contributed by atoms with van der Waals surface area (Å²) in [4.78, 5) is 12.0. The number of aryl methyl sites for hydroxylation is 1. The zero-order valence-electron chi connectivity index (χ0n) is 13.6. The molecule has 0 heterocycles. The third kappa shape index (κ3) is 6.15. The van der Waals surface area contributed by atoms with Gasteiger partial charge in [0.15, 0.2) is 0 Å². The first-order chi connectivity index (χ1) is 11.3. The molecule has 1 saturated carbocycles. The fraction of sp³-hybridized carbons (Fsp3) is 0.474. The van der Waals surface area contributed by atoms with Gasteiger partial charge in [-0.15, -0.1) is 0 Å². The molecule has 1 aromatic rings. The van der Waals surface area contributed by atoms with Crippen LogP contribution >= 0.6 is 0 Å². The molecule has 1 aliphatic rings. The van der Waals surface area contributed by atoms with Crippen molar-refractivity contribution in [1.82, 2.24) is 10.6 Å². The lowest BCUT2D eigenvalue weighted by atomic mass is 10.1.